The van der Waals surface area contributed by atoms with Gasteiger partial charge in [0.1, 0.15) is 0 Å². The summed E-state index contributed by atoms with van der Waals surface area (Å²) in [5, 5.41) is 13.2. The van der Waals surface area contributed by atoms with Crippen molar-refractivity contribution >= 4 is 23.2 Å². The van der Waals surface area contributed by atoms with Gasteiger partial charge in [0.25, 0.3) is 0 Å². The third-order valence-electron chi connectivity index (χ3n) is 4.01. The zero-order chi connectivity index (χ0) is 15.6. The lowest BCUT2D eigenvalue weighted by Crippen LogP contribution is -2.45. The van der Waals surface area contributed by atoms with Crippen molar-refractivity contribution < 1.29 is 9.90 Å². The molecule has 2 N–H and O–H groups in total. The largest absolute Gasteiger partial charge is 0.393 e. The molecular weight excluding hydrogens is 288 g/mol. The van der Waals surface area contributed by atoms with E-state index in [1.807, 2.05) is 32.9 Å². The summed E-state index contributed by atoms with van der Waals surface area (Å²) in [5.74, 6) is 0.142. The lowest BCUT2D eigenvalue weighted by Gasteiger charge is -2.33. The Balaban J connectivity index is 1.96. The molecule has 1 aliphatic rings. The van der Waals surface area contributed by atoms with E-state index in [0.717, 1.165) is 30.6 Å². The van der Waals surface area contributed by atoms with Gasteiger partial charge in [-0.2, -0.15) is 0 Å². The second-order valence-electron chi connectivity index (χ2n) is 6.06. The van der Waals surface area contributed by atoms with Crippen molar-refractivity contribution in [2.75, 3.05) is 25.0 Å². The van der Waals surface area contributed by atoms with E-state index in [0.29, 0.717) is 17.3 Å². The highest BCUT2D eigenvalue weighted by Crippen LogP contribution is 2.27. The molecule has 0 bridgehead atoms. The van der Waals surface area contributed by atoms with E-state index < -0.39 is 0 Å². The van der Waals surface area contributed by atoms with E-state index in [-0.39, 0.29) is 17.9 Å². The van der Waals surface area contributed by atoms with Crippen molar-refractivity contribution in [1.29, 1.82) is 0 Å². The Morgan fingerprint density at radius 3 is 2.81 bits per heavy atom. The molecule has 1 heterocycles. The molecule has 0 aromatic heterocycles. The number of nitrogens with zero attached hydrogens (tertiary/aromatic N) is 1. The van der Waals surface area contributed by atoms with E-state index in [1.165, 1.54) is 0 Å². The number of hydrogen-bond donors (Lipinski definition) is 2. The molecule has 1 aromatic carbocycles. The van der Waals surface area contributed by atoms with Gasteiger partial charge in [-0.1, -0.05) is 24.6 Å². The first-order valence-corrected chi connectivity index (χ1v) is 7.71. The average Bonchev–Trinajstić information content (AvgIpc) is 2.38. The minimum Gasteiger partial charge on any atom is -0.393 e. The minimum absolute atomic E-state index is 0.0626. The molecule has 21 heavy (non-hydrogen) atoms. The van der Waals surface area contributed by atoms with E-state index in [4.69, 9.17) is 11.6 Å². The predicted octanol–water partition coefficient (Wildman–Crippen LogP) is 2.60. The SMILES string of the molecule is Cc1cc(C)c(NC(=O)CN2CCC(O)C(C)C2)c(Cl)c1. The van der Waals surface area contributed by atoms with Gasteiger partial charge in [0.2, 0.25) is 5.91 Å². The Labute approximate surface area is 131 Å². The Kier molecular flexibility index (Phi) is 5.25. The smallest absolute Gasteiger partial charge is 0.238 e. The van der Waals surface area contributed by atoms with Gasteiger partial charge in [-0.05, 0) is 43.4 Å². The molecule has 116 valence electrons. The average molecular weight is 311 g/mol. The number of aliphatic hydroxyl groups is 1. The zero-order valence-electron chi connectivity index (χ0n) is 12.8. The van der Waals surface area contributed by atoms with Crippen LogP contribution in [0.3, 0.4) is 0 Å². The van der Waals surface area contributed by atoms with Crippen LogP contribution < -0.4 is 5.32 Å². The number of carbonyl (C=O) groups excluding carboxylic acids is 1. The standard InChI is InChI=1S/C16H23ClN2O2/c1-10-6-11(2)16(13(17)7-10)18-15(21)9-19-5-4-14(20)12(3)8-19/h6-7,12,14,20H,4-5,8-9H2,1-3H3,(H,18,21). The third-order valence-corrected chi connectivity index (χ3v) is 4.31. The molecule has 0 aliphatic carbocycles. The molecular formula is C16H23ClN2O2. The van der Waals surface area contributed by atoms with Crippen LogP contribution in [0.2, 0.25) is 5.02 Å². The van der Waals surface area contributed by atoms with Crippen molar-refractivity contribution in [2.45, 2.75) is 33.3 Å². The van der Waals surface area contributed by atoms with E-state index in [9.17, 15) is 9.90 Å². The molecule has 5 heteroatoms. The fraction of sp³-hybridized carbons (Fsp3) is 0.562. The Morgan fingerprint density at radius 1 is 1.48 bits per heavy atom. The van der Waals surface area contributed by atoms with Crippen molar-refractivity contribution in [3.63, 3.8) is 0 Å². The van der Waals surface area contributed by atoms with Crippen LogP contribution in [0, 0.1) is 19.8 Å². The number of aryl methyl sites for hydroxylation is 2. The zero-order valence-corrected chi connectivity index (χ0v) is 13.6. The van der Waals surface area contributed by atoms with Gasteiger partial charge in [0.05, 0.1) is 23.4 Å². The molecule has 0 saturated carbocycles. The number of hydrogen-bond acceptors (Lipinski definition) is 3. The number of piperidine rings is 1. The first kappa shape index (κ1) is 16.3. The highest BCUT2D eigenvalue weighted by atomic mass is 35.5. The lowest BCUT2D eigenvalue weighted by molar-refractivity contribution is -0.118. The van der Waals surface area contributed by atoms with Crippen molar-refractivity contribution in [2.24, 2.45) is 5.92 Å². The summed E-state index contributed by atoms with van der Waals surface area (Å²) in [6.45, 7) is 7.75. The van der Waals surface area contributed by atoms with Gasteiger partial charge < -0.3 is 10.4 Å². The first-order valence-electron chi connectivity index (χ1n) is 7.34. The second-order valence-corrected chi connectivity index (χ2v) is 6.46. The normalized spacial score (nSPS) is 23.1. The first-order chi connectivity index (χ1) is 9.86. The Bertz CT molecular complexity index is 510. The topological polar surface area (TPSA) is 52.6 Å². The Hall–Kier alpha value is -1.10. The fourth-order valence-corrected chi connectivity index (χ4v) is 3.19. The summed E-state index contributed by atoms with van der Waals surface area (Å²) in [5.41, 5.74) is 2.74. The summed E-state index contributed by atoms with van der Waals surface area (Å²) < 4.78 is 0. The van der Waals surface area contributed by atoms with Crippen LogP contribution in [0.1, 0.15) is 24.5 Å². The van der Waals surface area contributed by atoms with Gasteiger partial charge in [-0.25, -0.2) is 0 Å². The van der Waals surface area contributed by atoms with Crippen molar-refractivity contribution in [1.82, 2.24) is 4.90 Å². The van der Waals surface area contributed by atoms with Crippen molar-refractivity contribution in [3.05, 3.63) is 28.3 Å². The van der Waals surface area contributed by atoms with Gasteiger partial charge >= 0.3 is 0 Å². The second kappa shape index (κ2) is 6.77. The number of anilines is 1. The summed E-state index contributed by atoms with van der Waals surface area (Å²) in [4.78, 5) is 14.3. The fourth-order valence-electron chi connectivity index (χ4n) is 2.82. The third kappa shape index (κ3) is 4.19. The summed E-state index contributed by atoms with van der Waals surface area (Å²) >= 11 is 6.20. The van der Waals surface area contributed by atoms with Gasteiger partial charge in [0.15, 0.2) is 0 Å². The number of carbonyl (C=O) groups is 1. The monoisotopic (exact) mass is 310 g/mol. The molecule has 2 rings (SSSR count). The minimum atomic E-state index is -0.252. The quantitative estimate of drug-likeness (QED) is 0.902. The molecule has 1 saturated heterocycles. The summed E-state index contributed by atoms with van der Waals surface area (Å²) in [7, 11) is 0. The van der Waals surface area contributed by atoms with Gasteiger partial charge in [-0.3, -0.25) is 9.69 Å². The molecule has 1 aromatic rings. The molecule has 4 nitrogen and oxygen atoms in total. The molecule has 0 radical (unpaired) electrons. The van der Waals surface area contributed by atoms with Gasteiger partial charge in [0, 0.05) is 13.1 Å². The van der Waals surface area contributed by atoms with Crippen LogP contribution >= 0.6 is 11.6 Å². The molecule has 1 fully saturated rings. The number of rotatable bonds is 3. The van der Waals surface area contributed by atoms with Crippen LogP contribution in [0.4, 0.5) is 5.69 Å². The molecule has 2 atom stereocenters. The molecule has 2 unspecified atom stereocenters. The molecule has 0 spiro atoms. The number of nitrogens with one attached hydrogen (secondary N) is 1. The highest BCUT2D eigenvalue weighted by Gasteiger charge is 2.25. The summed E-state index contributed by atoms with van der Waals surface area (Å²) in [6, 6.07) is 3.85. The van der Waals surface area contributed by atoms with E-state index >= 15 is 0 Å². The molecule has 1 amide bonds. The van der Waals surface area contributed by atoms with E-state index in [2.05, 4.69) is 10.2 Å². The lowest BCUT2D eigenvalue weighted by atomic mass is 9.97. The Morgan fingerprint density at radius 2 is 2.19 bits per heavy atom. The van der Waals surface area contributed by atoms with Crippen molar-refractivity contribution in [3.8, 4) is 0 Å². The number of likely N-dealkylation sites (tertiary alicyclic amines) is 1. The number of benzene rings is 1. The maximum Gasteiger partial charge on any atom is 0.238 e. The number of aliphatic hydroxyl groups excluding tert-OH is 1. The number of amides is 1. The maximum absolute atomic E-state index is 12.2. The van der Waals surface area contributed by atoms with Crippen LogP contribution in [0.25, 0.3) is 0 Å². The molecule has 1 aliphatic heterocycles. The maximum atomic E-state index is 12.2. The van der Waals surface area contributed by atoms with Gasteiger partial charge in [-0.15, -0.1) is 0 Å². The van der Waals surface area contributed by atoms with Crippen LogP contribution in [0.15, 0.2) is 12.1 Å². The van der Waals surface area contributed by atoms with E-state index in [1.54, 1.807) is 0 Å². The number of halogens is 1. The van der Waals surface area contributed by atoms with Crippen LogP contribution in [0.5, 0.6) is 0 Å². The van der Waals surface area contributed by atoms with Crippen LogP contribution in [-0.2, 0) is 4.79 Å². The summed E-state index contributed by atoms with van der Waals surface area (Å²) in [6.07, 6.45) is 0.469. The predicted molar refractivity (Wildman–Crippen MR) is 85.8 cm³/mol. The van der Waals surface area contributed by atoms with Crippen LogP contribution in [-0.4, -0.2) is 41.7 Å². The highest BCUT2D eigenvalue weighted by molar-refractivity contribution is 6.34.